The minimum Gasteiger partial charge on any atom is -0.323 e. The molecule has 0 aliphatic carbocycles. The van der Waals surface area contributed by atoms with Crippen molar-refractivity contribution in [2.75, 3.05) is 0 Å². The van der Waals surface area contributed by atoms with Gasteiger partial charge in [-0.3, -0.25) is 14.6 Å². The van der Waals surface area contributed by atoms with Crippen LogP contribution in [0.1, 0.15) is 26.3 Å². The van der Waals surface area contributed by atoms with Gasteiger partial charge in [-0.2, -0.15) is 0 Å². The number of nitrogens with one attached hydrogen (secondary N) is 1. The topological polar surface area (TPSA) is 59.1 Å². The van der Waals surface area contributed by atoms with Crippen molar-refractivity contribution in [3.8, 4) is 0 Å². The zero-order chi connectivity index (χ0) is 12.3. The van der Waals surface area contributed by atoms with Crippen molar-refractivity contribution in [2.24, 2.45) is 0 Å². The Labute approximate surface area is 103 Å². The van der Waals surface area contributed by atoms with Gasteiger partial charge in [0.25, 0.3) is 0 Å². The third kappa shape index (κ3) is 2.29. The number of rotatable bonds is 3. The molecule has 1 N–H and O–H groups in total. The van der Waals surface area contributed by atoms with Crippen LogP contribution >= 0.6 is 11.9 Å². The first-order chi connectivity index (χ1) is 8.24. The predicted octanol–water partition coefficient (Wildman–Crippen LogP) is 2.03. The number of nitrogens with zero attached hydrogens (tertiary/aromatic N) is 1. The minimum atomic E-state index is -0.157. The van der Waals surface area contributed by atoms with Gasteiger partial charge in [0.15, 0.2) is 6.29 Å². The van der Waals surface area contributed by atoms with Crippen molar-refractivity contribution in [3.63, 3.8) is 0 Å². The number of carbonyl (C=O) groups excluding carboxylic acids is 2. The van der Waals surface area contributed by atoms with Gasteiger partial charge in [-0.15, -0.1) is 0 Å². The third-order valence-corrected chi connectivity index (χ3v) is 3.08. The minimum absolute atomic E-state index is 0.157. The summed E-state index contributed by atoms with van der Waals surface area (Å²) in [6.07, 6.45) is 7.13. The van der Waals surface area contributed by atoms with E-state index in [0.717, 1.165) is 0 Å². The number of aldehydes is 1. The highest BCUT2D eigenvalue weighted by Gasteiger charge is 2.17. The van der Waals surface area contributed by atoms with Crippen LogP contribution in [0.25, 0.3) is 0 Å². The summed E-state index contributed by atoms with van der Waals surface area (Å²) in [5.41, 5.74) is 2.03. The number of Topliss-reactive ketones (excluding diaryl/α,β-unsaturated/α-hetero) is 1. The van der Waals surface area contributed by atoms with Crippen LogP contribution < -0.4 is 4.72 Å². The van der Waals surface area contributed by atoms with Gasteiger partial charge in [-0.25, -0.2) is 0 Å². The van der Waals surface area contributed by atoms with Crippen LogP contribution in [0.5, 0.6) is 0 Å². The van der Waals surface area contributed by atoms with Crippen molar-refractivity contribution in [1.82, 2.24) is 9.71 Å². The summed E-state index contributed by atoms with van der Waals surface area (Å²) < 4.78 is 2.91. The highest BCUT2D eigenvalue weighted by atomic mass is 32.2. The Kier molecular flexibility index (Phi) is 3.39. The Hall–Kier alpha value is -1.88. The summed E-state index contributed by atoms with van der Waals surface area (Å²) in [5, 5.41) is 1.84. The molecule has 1 aliphatic rings. The third-order valence-electron chi connectivity index (χ3n) is 2.45. The number of allylic oxidation sites excluding steroid dienone is 3. The van der Waals surface area contributed by atoms with Gasteiger partial charge >= 0.3 is 0 Å². The second kappa shape index (κ2) is 4.97. The average Bonchev–Trinajstić information content (AvgIpc) is 2.39. The molecular weight excluding hydrogens is 236 g/mol. The SMILES string of the molecule is Cc1c(C=O)cncc1C(=O)C1=CC=CSN1. The lowest BCUT2D eigenvalue weighted by molar-refractivity contribution is 0.103. The zero-order valence-corrected chi connectivity index (χ0v) is 9.95. The summed E-state index contributed by atoms with van der Waals surface area (Å²) in [6, 6.07) is 0. The van der Waals surface area contributed by atoms with E-state index in [1.807, 2.05) is 5.41 Å². The van der Waals surface area contributed by atoms with Gasteiger partial charge in [0.05, 0.1) is 5.70 Å². The maximum absolute atomic E-state index is 12.2. The van der Waals surface area contributed by atoms with E-state index in [2.05, 4.69) is 9.71 Å². The largest absolute Gasteiger partial charge is 0.323 e. The lowest BCUT2D eigenvalue weighted by atomic mass is 10.0. The molecule has 0 spiro atoms. The van der Waals surface area contributed by atoms with E-state index in [1.165, 1.54) is 24.3 Å². The molecule has 17 heavy (non-hydrogen) atoms. The van der Waals surface area contributed by atoms with Crippen LogP contribution in [0.2, 0.25) is 0 Å². The van der Waals surface area contributed by atoms with E-state index in [1.54, 1.807) is 19.1 Å². The second-order valence-electron chi connectivity index (χ2n) is 3.48. The second-order valence-corrected chi connectivity index (χ2v) is 4.19. The molecule has 5 heteroatoms. The molecule has 0 amide bonds. The summed E-state index contributed by atoms with van der Waals surface area (Å²) in [4.78, 5) is 26.8. The molecule has 0 saturated heterocycles. The van der Waals surface area contributed by atoms with Gasteiger partial charge < -0.3 is 4.72 Å². The molecule has 0 atom stereocenters. The molecule has 2 heterocycles. The van der Waals surface area contributed by atoms with Gasteiger partial charge in [0, 0.05) is 23.5 Å². The molecule has 0 unspecified atom stereocenters. The van der Waals surface area contributed by atoms with E-state index in [9.17, 15) is 9.59 Å². The molecule has 0 radical (unpaired) electrons. The lowest BCUT2D eigenvalue weighted by Crippen LogP contribution is -2.17. The van der Waals surface area contributed by atoms with E-state index < -0.39 is 0 Å². The normalized spacial score (nSPS) is 13.8. The van der Waals surface area contributed by atoms with Gasteiger partial charge in [0.1, 0.15) is 0 Å². The molecule has 1 aromatic rings. The first-order valence-electron chi connectivity index (χ1n) is 4.97. The molecule has 0 bridgehead atoms. The molecule has 4 nitrogen and oxygen atoms in total. The fraction of sp³-hybridized carbons (Fsp3) is 0.0833. The zero-order valence-electron chi connectivity index (χ0n) is 9.14. The van der Waals surface area contributed by atoms with Gasteiger partial charge in [-0.1, -0.05) is 6.08 Å². The van der Waals surface area contributed by atoms with Crippen LogP contribution in [0.15, 0.2) is 35.7 Å². The number of carbonyl (C=O) groups is 2. The Bertz CT molecular complexity index is 535. The Morgan fingerprint density at radius 3 is 2.94 bits per heavy atom. The molecule has 0 fully saturated rings. The maximum atomic E-state index is 12.2. The summed E-state index contributed by atoms with van der Waals surface area (Å²) in [7, 11) is 0. The Balaban J connectivity index is 2.40. The number of hydrogen-bond acceptors (Lipinski definition) is 5. The fourth-order valence-electron chi connectivity index (χ4n) is 1.46. The lowest BCUT2D eigenvalue weighted by Gasteiger charge is -2.11. The van der Waals surface area contributed by atoms with Crippen molar-refractivity contribution in [1.29, 1.82) is 0 Å². The smallest absolute Gasteiger partial charge is 0.211 e. The molecule has 2 rings (SSSR count). The van der Waals surface area contributed by atoms with Gasteiger partial charge in [0.2, 0.25) is 5.78 Å². The molecule has 86 valence electrons. The van der Waals surface area contributed by atoms with Crippen molar-refractivity contribution >= 4 is 24.0 Å². The van der Waals surface area contributed by atoms with Crippen LogP contribution in [-0.2, 0) is 0 Å². The fourth-order valence-corrected chi connectivity index (χ4v) is 1.98. The molecule has 1 aromatic heterocycles. The van der Waals surface area contributed by atoms with Crippen LogP contribution in [0.3, 0.4) is 0 Å². The first kappa shape index (κ1) is 11.6. The first-order valence-corrected chi connectivity index (χ1v) is 5.85. The quantitative estimate of drug-likeness (QED) is 0.502. The number of aromatic nitrogens is 1. The number of hydrogen-bond donors (Lipinski definition) is 1. The molecular formula is C12H10N2O2S. The monoisotopic (exact) mass is 246 g/mol. The molecule has 1 aliphatic heterocycles. The van der Waals surface area contributed by atoms with Crippen molar-refractivity contribution < 1.29 is 9.59 Å². The molecule has 0 saturated carbocycles. The van der Waals surface area contributed by atoms with E-state index in [0.29, 0.717) is 28.7 Å². The summed E-state index contributed by atoms with van der Waals surface area (Å²) in [5.74, 6) is -0.157. The Morgan fingerprint density at radius 1 is 1.47 bits per heavy atom. The highest BCUT2D eigenvalue weighted by molar-refractivity contribution is 8.00. The summed E-state index contributed by atoms with van der Waals surface area (Å²) >= 11 is 1.33. The van der Waals surface area contributed by atoms with E-state index in [-0.39, 0.29) is 5.78 Å². The molecule has 0 aromatic carbocycles. The summed E-state index contributed by atoms with van der Waals surface area (Å²) in [6.45, 7) is 1.74. The average molecular weight is 246 g/mol. The van der Waals surface area contributed by atoms with Gasteiger partial charge in [-0.05, 0) is 35.9 Å². The van der Waals surface area contributed by atoms with E-state index >= 15 is 0 Å². The van der Waals surface area contributed by atoms with Crippen LogP contribution in [0.4, 0.5) is 0 Å². The van der Waals surface area contributed by atoms with Crippen LogP contribution in [0, 0.1) is 6.92 Å². The van der Waals surface area contributed by atoms with Crippen molar-refractivity contribution in [3.05, 3.63) is 52.3 Å². The number of ketones is 1. The Morgan fingerprint density at radius 2 is 2.29 bits per heavy atom. The maximum Gasteiger partial charge on any atom is 0.211 e. The number of pyridine rings is 1. The van der Waals surface area contributed by atoms with Crippen molar-refractivity contribution in [2.45, 2.75) is 6.92 Å². The standard InChI is InChI=1S/C12H10N2O2S/c1-8-9(7-15)5-13-6-10(8)12(16)11-3-2-4-17-14-11/h2-7,14H,1H3. The highest BCUT2D eigenvalue weighted by Crippen LogP contribution is 2.17. The van der Waals surface area contributed by atoms with E-state index in [4.69, 9.17) is 0 Å². The van der Waals surface area contributed by atoms with Crippen LogP contribution in [-0.4, -0.2) is 17.1 Å². The predicted molar refractivity (Wildman–Crippen MR) is 66.6 cm³/mol.